The van der Waals surface area contributed by atoms with E-state index in [4.69, 9.17) is 18.3 Å². The number of benzene rings is 1. The smallest absolute Gasteiger partial charge is 0.245 e. The molecule has 28 heavy (non-hydrogen) atoms. The number of hydrogen-bond acceptors (Lipinski definition) is 6. The standard InChI is InChI=1S/C19H26BrNO6Si/c1-24-12-8-9-14(25-2)13(11-12)17-16(23)18(27-28(3,4)5)19(26-17)21-15(22)7-6-10-20/h8-9,11,23H,6-7,10H2,1-5H3,(H,21,22). The number of furan rings is 1. The number of nitrogens with one attached hydrogen (secondary N) is 1. The predicted octanol–water partition coefficient (Wildman–Crippen LogP) is 5.00. The number of alkyl halides is 1. The van der Waals surface area contributed by atoms with Crippen LogP contribution < -0.4 is 19.2 Å². The van der Waals surface area contributed by atoms with Crippen LogP contribution in [-0.4, -0.2) is 38.9 Å². The zero-order valence-corrected chi connectivity index (χ0v) is 19.3. The van der Waals surface area contributed by atoms with Gasteiger partial charge in [0.25, 0.3) is 0 Å². The van der Waals surface area contributed by atoms with Crippen LogP contribution in [0.25, 0.3) is 11.3 Å². The first-order valence-electron chi connectivity index (χ1n) is 8.83. The molecule has 0 fully saturated rings. The molecule has 1 aromatic heterocycles. The van der Waals surface area contributed by atoms with E-state index < -0.39 is 8.32 Å². The van der Waals surface area contributed by atoms with Crippen molar-refractivity contribution in [2.75, 3.05) is 24.9 Å². The van der Waals surface area contributed by atoms with Crippen molar-refractivity contribution in [3.8, 4) is 34.3 Å². The highest BCUT2D eigenvalue weighted by Gasteiger charge is 2.30. The van der Waals surface area contributed by atoms with Crippen molar-refractivity contribution in [2.45, 2.75) is 32.5 Å². The second-order valence-electron chi connectivity index (χ2n) is 7.06. The Bertz CT molecular complexity index is 831. The number of carbonyl (C=O) groups is 1. The number of carbonyl (C=O) groups excluding carboxylic acids is 1. The summed E-state index contributed by atoms with van der Waals surface area (Å²) in [5.41, 5.74) is 0.487. The first kappa shape index (κ1) is 22.2. The van der Waals surface area contributed by atoms with E-state index in [-0.39, 0.29) is 29.1 Å². The fourth-order valence-electron chi connectivity index (χ4n) is 2.48. The van der Waals surface area contributed by atoms with E-state index in [1.54, 1.807) is 25.3 Å². The summed E-state index contributed by atoms with van der Waals surface area (Å²) in [6.45, 7) is 5.92. The average molecular weight is 472 g/mol. The molecule has 9 heteroatoms. The van der Waals surface area contributed by atoms with Gasteiger partial charge in [-0.25, -0.2) is 0 Å². The lowest BCUT2D eigenvalue weighted by molar-refractivity contribution is -0.116. The Kier molecular flexibility index (Phi) is 7.42. The normalized spacial score (nSPS) is 11.2. The molecule has 1 aromatic carbocycles. The Labute approximate surface area is 174 Å². The summed E-state index contributed by atoms with van der Waals surface area (Å²) in [4.78, 5) is 12.2. The number of rotatable bonds is 9. The molecule has 0 spiro atoms. The van der Waals surface area contributed by atoms with Gasteiger partial charge in [-0.2, -0.15) is 0 Å². The molecule has 0 aliphatic carbocycles. The van der Waals surface area contributed by atoms with Crippen LogP contribution in [0.4, 0.5) is 5.88 Å². The molecule has 0 saturated heterocycles. The van der Waals surface area contributed by atoms with E-state index in [2.05, 4.69) is 21.2 Å². The minimum atomic E-state index is -2.10. The van der Waals surface area contributed by atoms with Crippen LogP contribution in [0, 0.1) is 0 Å². The third-order valence-electron chi connectivity index (χ3n) is 3.69. The zero-order valence-electron chi connectivity index (χ0n) is 16.7. The summed E-state index contributed by atoms with van der Waals surface area (Å²) >= 11 is 3.30. The van der Waals surface area contributed by atoms with Gasteiger partial charge < -0.3 is 23.4 Å². The van der Waals surface area contributed by atoms with Crippen molar-refractivity contribution in [1.82, 2.24) is 0 Å². The summed E-state index contributed by atoms with van der Waals surface area (Å²) in [6, 6.07) is 5.14. The van der Waals surface area contributed by atoms with Gasteiger partial charge in [-0.05, 0) is 44.3 Å². The van der Waals surface area contributed by atoms with Gasteiger partial charge in [0.2, 0.25) is 31.6 Å². The molecular weight excluding hydrogens is 446 g/mol. The number of amides is 1. The summed E-state index contributed by atoms with van der Waals surface area (Å²) in [7, 11) is 0.967. The highest BCUT2D eigenvalue weighted by molar-refractivity contribution is 9.09. The first-order chi connectivity index (χ1) is 13.2. The second kappa shape index (κ2) is 9.38. The maximum absolute atomic E-state index is 12.2. The van der Waals surface area contributed by atoms with Gasteiger partial charge in [-0.3, -0.25) is 10.1 Å². The predicted molar refractivity (Wildman–Crippen MR) is 115 cm³/mol. The van der Waals surface area contributed by atoms with Gasteiger partial charge >= 0.3 is 0 Å². The van der Waals surface area contributed by atoms with Gasteiger partial charge in [-0.1, -0.05) is 15.9 Å². The zero-order chi connectivity index (χ0) is 20.9. The van der Waals surface area contributed by atoms with Crippen molar-refractivity contribution in [1.29, 1.82) is 0 Å². The molecule has 7 nitrogen and oxygen atoms in total. The van der Waals surface area contributed by atoms with Crippen molar-refractivity contribution < 1.29 is 28.2 Å². The average Bonchev–Trinajstić information content (AvgIpc) is 2.93. The number of anilines is 1. The maximum atomic E-state index is 12.2. The number of halogens is 1. The highest BCUT2D eigenvalue weighted by atomic mass is 79.9. The molecule has 0 aliphatic rings. The molecule has 2 aromatic rings. The Morgan fingerprint density at radius 2 is 1.96 bits per heavy atom. The Hall–Kier alpha value is -2.13. The molecule has 0 bridgehead atoms. The summed E-state index contributed by atoms with van der Waals surface area (Å²) < 4.78 is 22.5. The van der Waals surface area contributed by atoms with E-state index in [9.17, 15) is 9.90 Å². The van der Waals surface area contributed by atoms with E-state index in [1.807, 2.05) is 19.6 Å². The molecule has 2 rings (SSSR count). The maximum Gasteiger partial charge on any atom is 0.245 e. The van der Waals surface area contributed by atoms with Gasteiger partial charge in [0.05, 0.1) is 19.8 Å². The third kappa shape index (κ3) is 5.45. The summed E-state index contributed by atoms with van der Waals surface area (Å²) in [6.07, 6.45) is 0.996. The molecule has 0 saturated carbocycles. The van der Waals surface area contributed by atoms with Gasteiger partial charge in [-0.15, -0.1) is 0 Å². The van der Waals surface area contributed by atoms with E-state index in [0.717, 1.165) is 0 Å². The minimum absolute atomic E-state index is 0.0828. The van der Waals surface area contributed by atoms with Crippen molar-refractivity contribution in [3.63, 3.8) is 0 Å². The summed E-state index contributed by atoms with van der Waals surface area (Å²) in [5, 5.41) is 14.3. The quantitative estimate of drug-likeness (QED) is 0.395. The molecule has 1 heterocycles. The Balaban J connectivity index is 2.54. The number of aromatic hydroxyl groups is 1. The van der Waals surface area contributed by atoms with Crippen molar-refractivity contribution in [3.05, 3.63) is 18.2 Å². The van der Waals surface area contributed by atoms with Crippen LogP contribution in [0.5, 0.6) is 23.0 Å². The fraction of sp³-hybridized carbons (Fsp3) is 0.421. The van der Waals surface area contributed by atoms with E-state index in [0.29, 0.717) is 35.2 Å². The lowest BCUT2D eigenvalue weighted by Gasteiger charge is -2.19. The van der Waals surface area contributed by atoms with Crippen LogP contribution in [0.1, 0.15) is 12.8 Å². The number of methoxy groups -OCH3 is 2. The molecular formula is C19H26BrNO6Si. The molecule has 154 valence electrons. The molecule has 0 radical (unpaired) electrons. The van der Waals surface area contributed by atoms with Crippen molar-refractivity contribution in [2.24, 2.45) is 0 Å². The Morgan fingerprint density at radius 3 is 2.54 bits per heavy atom. The largest absolute Gasteiger partial charge is 0.538 e. The van der Waals surface area contributed by atoms with E-state index >= 15 is 0 Å². The SMILES string of the molecule is COc1ccc(OC)c(-c2oc(NC(=O)CCCBr)c(O[Si](C)(C)C)c2O)c1. The van der Waals surface area contributed by atoms with Crippen LogP contribution >= 0.6 is 15.9 Å². The Morgan fingerprint density at radius 1 is 1.25 bits per heavy atom. The lowest BCUT2D eigenvalue weighted by Crippen LogP contribution is -2.29. The van der Waals surface area contributed by atoms with E-state index in [1.165, 1.54) is 7.11 Å². The number of hydrogen-bond donors (Lipinski definition) is 2. The van der Waals surface area contributed by atoms with Crippen LogP contribution in [0.3, 0.4) is 0 Å². The van der Waals surface area contributed by atoms with Gasteiger partial charge in [0.1, 0.15) is 11.5 Å². The second-order valence-corrected chi connectivity index (χ2v) is 12.3. The van der Waals surface area contributed by atoms with Crippen LogP contribution in [0.15, 0.2) is 22.6 Å². The highest BCUT2D eigenvalue weighted by Crippen LogP contribution is 2.49. The first-order valence-corrected chi connectivity index (χ1v) is 13.4. The molecule has 0 unspecified atom stereocenters. The van der Waals surface area contributed by atoms with Crippen LogP contribution in [0.2, 0.25) is 19.6 Å². The molecule has 0 atom stereocenters. The molecule has 2 N–H and O–H groups in total. The monoisotopic (exact) mass is 471 g/mol. The summed E-state index contributed by atoms with van der Waals surface area (Å²) in [5.74, 6) is 0.997. The third-order valence-corrected chi connectivity index (χ3v) is 5.07. The minimum Gasteiger partial charge on any atom is -0.538 e. The van der Waals surface area contributed by atoms with Crippen molar-refractivity contribution >= 4 is 36.0 Å². The number of ether oxygens (including phenoxy) is 2. The topological polar surface area (TPSA) is 90.2 Å². The van der Waals surface area contributed by atoms with Crippen LogP contribution in [-0.2, 0) is 4.79 Å². The lowest BCUT2D eigenvalue weighted by atomic mass is 10.1. The van der Waals surface area contributed by atoms with Gasteiger partial charge in [0, 0.05) is 11.8 Å². The molecule has 1 amide bonds. The fourth-order valence-corrected chi connectivity index (χ4v) is 3.56. The molecule has 0 aliphatic heterocycles. The van der Waals surface area contributed by atoms with Gasteiger partial charge in [0.15, 0.2) is 5.76 Å².